The fourth-order valence-electron chi connectivity index (χ4n) is 5.04. The third-order valence-electron chi connectivity index (χ3n) is 6.29. The molecule has 7 fully saturated rings. The molecule has 1 N–H and O–H groups in total. The maximum Gasteiger partial charge on any atom is 2.00 e. The molecular weight excluding hydrogens is 480 g/mol. The van der Waals surface area contributed by atoms with Crippen molar-refractivity contribution in [3.8, 4) is 0 Å². The first-order chi connectivity index (χ1) is 14.7. The van der Waals surface area contributed by atoms with Crippen LogP contribution < -0.4 is 0 Å². The first kappa shape index (κ1) is 28.9. The number of fused-ring (bicyclic) bond motifs is 3. The first-order valence-corrected chi connectivity index (χ1v) is 10.7. The van der Waals surface area contributed by atoms with Crippen LogP contribution in [0.4, 0.5) is 0 Å². The van der Waals surface area contributed by atoms with Crippen LogP contribution in [0, 0.1) is 145 Å². The van der Waals surface area contributed by atoms with Gasteiger partial charge in [0, 0.05) is 12.3 Å². The molecule has 0 aliphatic heterocycles. The molecule has 7 aliphatic carbocycles. The molecule has 7 aliphatic rings. The summed E-state index contributed by atoms with van der Waals surface area (Å²) in [5, 5.41) is 10.8. The first-order valence-electron chi connectivity index (χ1n) is 10.7. The molecule has 7 saturated carbocycles. The number of carbonyl (C=O) groups is 1. The van der Waals surface area contributed by atoms with Crippen LogP contribution in [-0.2, 0) is 38.9 Å². The van der Waals surface area contributed by atoms with Crippen molar-refractivity contribution >= 4 is 5.78 Å². The van der Waals surface area contributed by atoms with Crippen LogP contribution >= 0.6 is 0 Å². The van der Waals surface area contributed by atoms with E-state index in [-0.39, 0.29) is 57.7 Å². The molecule has 0 spiro atoms. The largest absolute Gasteiger partial charge is 2.00 e. The Morgan fingerprint density at radius 3 is 1.19 bits per heavy atom. The molecule has 20 radical (unpaired) electrons. The summed E-state index contributed by atoms with van der Waals surface area (Å²) >= 11 is 0. The van der Waals surface area contributed by atoms with Crippen LogP contribution in [0.3, 0.4) is 0 Å². The van der Waals surface area contributed by atoms with Crippen molar-refractivity contribution in [1.29, 1.82) is 0 Å². The molecule has 0 amide bonds. The summed E-state index contributed by atoms with van der Waals surface area (Å²) in [6.07, 6.45) is 38.2. The van der Waals surface area contributed by atoms with Gasteiger partial charge in [-0.15, -0.1) is 0 Å². The van der Waals surface area contributed by atoms with Crippen molar-refractivity contribution in [3.63, 3.8) is 0 Å². The van der Waals surface area contributed by atoms with E-state index >= 15 is 0 Å². The van der Waals surface area contributed by atoms with Gasteiger partial charge in [0.1, 0.15) is 5.78 Å². The Labute approximate surface area is 219 Å². The van der Waals surface area contributed by atoms with Crippen LogP contribution in [0.15, 0.2) is 0 Å². The van der Waals surface area contributed by atoms with Gasteiger partial charge in [-0.2, -0.15) is 0 Å². The zero-order valence-corrected chi connectivity index (χ0v) is 20.0. The predicted octanol–water partition coefficient (Wildman–Crippen LogP) is 4.18. The number of rotatable bonds is 2. The van der Waals surface area contributed by atoms with Crippen LogP contribution in [0.2, 0.25) is 0 Å². The van der Waals surface area contributed by atoms with E-state index in [1.807, 2.05) is 89.9 Å². The number of aliphatic hydroxyl groups is 1. The third kappa shape index (κ3) is 7.58. The quantitative estimate of drug-likeness (QED) is 0.569. The van der Waals surface area contributed by atoms with Crippen molar-refractivity contribution in [3.05, 3.63) is 127 Å². The van der Waals surface area contributed by atoms with Gasteiger partial charge in [-0.05, 0) is 152 Å². The van der Waals surface area contributed by atoms with Crippen LogP contribution in [0.25, 0.3) is 0 Å². The van der Waals surface area contributed by atoms with Crippen molar-refractivity contribution in [2.75, 3.05) is 0 Å². The normalized spacial score (nSPS) is 36.5. The predicted molar refractivity (Wildman–Crippen MR) is 118 cm³/mol. The molecule has 164 valence electrons. The average molecular weight is 508 g/mol. The molecule has 7 rings (SSSR count). The zero-order chi connectivity index (χ0) is 20.8. The van der Waals surface area contributed by atoms with Gasteiger partial charge in [0.05, 0.1) is 5.60 Å². The molecule has 0 aromatic heterocycles. The van der Waals surface area contributed by atoms with Gasteiger partial charge in [0.2, 0.25) is 0 Å². The summed E-state index contributed by atoms with van der Waals surface area (Å²) in [5.41, 5.74) is -0.810. The Balaban J connectivity index is 0.000000252. The Bertz CT molecular complexity index is 480. The number of carbonyl (C=O) groups excluding carboxylic acids is 1. The van der Waals surface area contributed by atoms with E-state index in [1.54, 1.807) is 0 Å². The van der Waals surface area contributed by atoms with Gasteiger partial charge in [0.15, 0.2) is 0 Å². The molecule has 0 aromatic carbocycles. The second-order valence-corrected chi connectivity index (χ2v) is 8.38. The van der Waals surface area contributed by atoms with Gasteiger partial charge < -0.3 is 5.11 Å². The summed E-state index contributed by atoms with van der Waals surface area (Å²) in [6, 6.07) is 0. The Morgan fingerprint density at radius 1 is 0.594 bits per heavy atom. The van der Waals surface area contributed by atoms with Gasteiger partial charge in [-0.25, -0.2) is 0 Å². The maximum absolute atomic E-state index is 12.5. The molecule has 0 heterocycles. The van der Waals surface area contributed by atoms with Crippen LogP contribution in [-0.4, -0.2) is 16.5 Å². The van der Waals surface area contributed by atoms with E-state index in [4.69, 9.17) is 0 Å². The van der Waals surface area contributed by atoms with Crippen molar-refractivity contribution in [2.24, 2.45) is 17.8 Å². The molecule has 32 heavy (non-hydrogen) atoms. The van der Waals surface area contributed by atoms with E-state index in [2.05, 4.69) is 25.7 Å². The second-order valence-electron chi connectivity index (χ2n) is 8.38. The smallest absolute Gasteiger partial charge is 0.389 e. The third-order valence-corrected chi connectivity index (χ3v) is 6.29. The van der Waals surface area contributed by atoms with Crippen LogP contribution in [0.5, 0.6) is 0 Å². The number of ketones is 1. The summed E-state index contributed by atoms with van der Waals surface area (Å²) < 4.78 is 0. The summed E-state index contributed by atoms with van der Waals surface area (Å²) in [6.45, 7) is 0. The van der Waals surface area contributed by atoms with Crippen molar-refractivity contribution in [2.45, 2.75) is 24.9 Å². The monoisotopic (exact) mass is 508 g/mol. The van der Waals surface area contributed by atoms with Gasteiger partial charge in [-0.3, -0.25) is 4.79 Å². The van der Waals surface area contributed by atoms with Crippen LogP contribution in [0.1, 0.15) is 19.3 Å². The fourth-order valence-corrected chi connectivity index (χ4v) is 5.04. The Hall–Kier alpha value is 0.669. The molecule has 4 atom stereocenters. The number of hydrogen-bond donors (Lipinski definition) is 1. The number of Topliss-reactive ketones (excluding diaryl/α,β-unsaturated/α-hetero) is 1. The summed E-state index contributed by atoms with van der Waals surface area (Å²) in [4.78, 5) is 12.5. The fraction of sp³-hybridized carbons (Fsp3) is 0.250. The minimum absolute atomic E-state index is 0. The van der Waals surface area contributed by atoms with Crippen molar-refractivity contribution < 1.29 is 44.0 Å². The Morgan fingerprint density at radius 2 is 0.906 bits per heavy atom. The van der Waals surface area contributed by atoms with Crippen molar-refractivity contribution in [1.82, 2.24) is 0 Å². The molecule has 2 bridgehead atoms. The summed E-state index contributed by atoms with van der Waals surface area (Å²) in [7, 11) is 0. The molecule has 0 aromatic rings. The molecule has 4 heteroatoms. The minimum Gasteiger partial charge on any atom is -0.389 e. The van der Waals surface area contributed by atoms with E-state index in [0.717, 1.165) is 12.8 Å². The Kier molecular flexibility index (Phi) is 12.9. The standard InChI is InChI=1S/C18H18O2.2C5H5.2Fe/c19-16-11-18(20)9-14(12-5-1-2-6-12)17(16)15(10-18)13-7-3-4-8-13;2*1-2-4-5-3-1;;/h1-8,14-15,17,20H,9-11H2;2*1-5H;;/q;;;2*+2/t14-,15+,17?,18?;;;;. The van der Waals surface area contributed by atoms with E-state index in [9.17, 15) is 9.90 Å². The molecule has 0 saturated heterocycles. The topological polar surface area (TPSA) is 37.3 Å². The summed E-state index contributed by atoms with van der Waals surface area (Å²) in [5.74, 6) is 3.03. The van der Waals surface area contributed by atoms with Gasteiger partial charge in [0.25, 0.3) is 0 Å². The van der Waals surface area contributed by atoms with E-state index in [0.29, 0.717) is 6.42 Å². The van der Waals surface area contributed by atoms with E-state index in [1.165, 1.54) is 11.8 Å². The second kappa shape index (κ2) is 14.3. The molecule has 2 nitrogen and oxygen atoms in total. The average Bonchev–Trinajstić information content (AvgIpc) is 3.55. The SMILES string of the molecule is O=C1CC2(O)C[C@H]([C]3[CH][CH][CH][CH]3)C1[C@H]([C]1[CH][CH][CH][CH]1)C2.[CH]1[CH][CH][CH][CH]1.[CH]1[CH][CH][CH][CH]1.[Fe+2].[Fe+2]. The molecular formula is C28H28Fe2O2+4. The maximum atomic E-state index is 12.5. The van der Waals surface area contributed by atoms with Gasteiger partial charge in [-0.1, -0.05) is 0 Å². The number of hydrogen-bond acceptors (Lipinski definition) is 2. The van der Waals surface area contributed by atoms with E-state index < -0.39 is 5.60 Å². The zero-order valence-electron chi connectivity index (χ0n) is 17.8. The molecule has 2 unspecified atom stereocenters. The minimum atomic E-state index is -0.810. The van der Waals surface area contributed by atoms with Gasteiger partial charge >= 0.3 is 34.1 Å².